The van der Waals surface area contributed by atoms with Crippen LogP contribution in [0.1, 0.15) is 58.6 Å². The largest absolute Gasteiger partial charge is 0.414 e. The van der Waals surface area contributed by atoms with Gasteiger partial charge in [0.1, 0.15) is 5.75 Å². The molecule has 174 valence electrons. The number of likely N-dealkylation sites (tertiary alicyclic amines) is 1. The number of benzene rings is 2. The van der Waals surface area contributed by atoms with Crippen LogP contribution in [0.5, 0.6) is 5.75 Å². The normalized spacial score (nSPS) is 21.5. The summed E-state index contributed by atoms with van der Waals surface area (Å²) in [6.45, 7) is 3.78. The average molecular weight is 448 g/mol. The minimum atomic E-state index is -0.321. The number of nitrogens with zero attached hydrogens (tertiary/aromatic N) is 3. The number of ether oxygens (including phenoxy) is 1. The van der Waals surface area contributed by atoms with Crippen LogP contribution in [0.2, 0.25) is 0 Å². The predicted octanol–water partition coefficient (Wildman–Crippen LogP) is 4.29. The Morgan fingerprint density at radius 3 is 2.70 bits per heavy atom. The van der Waals surface area contributed by atoms with Gasteiger partial charge in [-0.05, 0) is 74.0 Å². The number of rotatable bonds is 6. The monoisotopic (exact) mass is 447 g/mol. The van der Waals surface area contributed by atoms with Crippen LogP contribution in [0.15, 0.2) is 42.5 Å². The maximum absolute atomic E-state index is 12.6. The number of hydrogen-bond acceptors (Lipinski definition) is 4. The van der Waals surface area contributed by atoms with Gasteiger partial charge in [0.05, 0.1) is 0 Å². The zero-order chi connectivity index (χ0) is 22.9. The summed E-state index contributed by atoms with van der Waals surface area (Å²) in [5.41, 5.74) is 4.60. The second-order valence-electron chi connectivity index (χ2n) is 9.71. The van der Waals surface area contributed by atoms with Gasteiger partial charge in [0.15, 0.2) is 0 Å². The van der Waals surface area contributed by atoms with Crippen molar-refractivity contribution in [3.05, 3.63) is 64.7 Å². The molecule has 1 saturated heterocycles. The third kappa shape index (κ3) is 4.24. The predicted molar refractivity (Wildman–Crippen MR) is 128 cm³/mol. The van der Waals surface area contributed by atoms with E-state index in [1.165, 1.54) is 16.0 Å². The molecule has 3 aliphatic rings. The highest BCUT2D eigenvalue weighted by Crippen LogP contribution is 2.44. The van der Waals surface area contributed by atoms with Gasteiger partial charge in [-0.1, -0.05) is 30.3 Å². The molecule has 5 rings (SSSR count). The first-order valence-corrected chi connectivity index (χ1v) is 12.1. The van der Waals surface area contributed by atoms with Gasteiger partial charge in [-0.2, -0.15) is 0 Å². The molecule has 1 aliphatic carbocycles. The maximum Gasteiger partial charge on any atom is 0.414 e. The summed E-state index contributed by atoms with van der Waals surface area (Å²) in [7, 11) is 3.42. The van der Waals surface area contributed by atoms with Crippen molar-refractivity contribution in [2.75, 3.05) is 33.7 Å². The van der Waals surface area contributed by atoms with E-state index in [9.17, 15) is 9.59 Å². The van der Waals surface area contributed by atoms with E-state index in [4.69, 9.17) is 4.74 Å². The molecule has 0 N–H and O–H groups in total. The molecule has 2 amide bonds. The highest BCUT2D eigenvalue weighted by molar-refractivity contribution is 5.98. The maximum atomic E-state index is 12.6. The lowest BCUT2D eigenvalue weighted by atomic mass is 9.79. The number of carbonyl (C=O) groups is 2. The van der Waals surface area contributed by atoms with Crippen LogP contribution in [-0.4, -0.2) is 66.5 Å². The zero-order valence-corrected chi connectivity index (χ0v) is 19.6. The van der Waals surface area contributed by atoms with Gasteiger partial charge in [0.2, 0.25) is 0 Å². The Bertz CT molecular complexity index is 1050. The minimum Gasteiger partial charge on any atom is -0.410 e. The smallest absolute Gasteiger partial charge is 0.410 e. The summed E-state index contributed by atoms with van der Waals surface area (Å²) in [6.07, 6.45) is 5.03. The van der Waals surface area contributed by atoms with E-state index < -0.39 is 0 Å². The molecule has 2 aromatic carbocycles. The number of hydrogen-bond donors (Lipinski definition) is 0. The van der Waals surface area contributed by atoms with E-state index in [0.29, 0.717) is 12.0 Å². The van der Waals surface area contributed by atoms with Gasteiger partial charge >= 0.3 is 6.09 Å². The van der Waals surface area contributed by atoms with Crippen molar-refractivity contribution < 1.29 is 14.3 Å². The lowest BCUT2D eigenvalue weighted by Crippen LogP contribution is -2.36. The Morgan fingerprint density at radius 1 is 1.06 bits per heavy atom. The van der Waals surface area contributed by atoms with Gasteiger partial charge in [0, 0.05) is 44.7 Å². The van der Waals surface area contributed by atoms with E-state index in [2.05, 4.69) is 17.0 Å². The Kier molecular flexibility index (Phi) is 6.11. The first-order chi connectivity index (χ1) is 16.0. The molecule has 1 fully saturated rings. The third-order valence-corrected chi connectivity index (χ3v) is 7.50. The molecule has 0 bridgehead atoms. The highest BCUT2D eigenvalue weighted by atomic mass is 16.6. The molecule has 0 unspecified atom stereocenters. The van der Waals surface area contributed by atoms with E-state index in [0.717, 1.165) is 75.2 Å². The molecule has 33 heavy (non-hydrogen) atoms. The summed E-state index contributed by atoms with van der Waals surface area (Å²) in [5.74, 6) is 1.42. The van der Waals surface area contributed by atoms with Crippen molar-refractivity contribution in [3.8, 4) is 5.75 Å². The molecule has 0 aromatic heterocycles. The molecule has 0 saturated carbocycles. The molecule has 0 spiro atoms. The highest BCUT2D eigenvalue weighted by Gasteiger charge is 2.39. The van der Waals surface area contributed by atoms with Crippen molar-refractivity contribution in [2.24, 2.45) is 0 Å². The molecule has 6 nitrogen and oxygen atoms in total. The Balaban J connectivity index is 1.15. The summed E-state index contributed by atoms with van der Waals surface area (Å²) >= 11 is 0. The Hall–Kier alpha value is -2.86. The van der Waals surface area contributed by atoms with Gasteiger partial charge < -0.3 is 14.5 Å². The molecule has 2 heterocycles. The van der Waals surface area contributed by atoms with Gasteiger partial charge in [-0.15, -0.1) is 0 Å². The lowest BCUT2D eigenvalue weighted by Gasteiger charge is -2.34. The molecular formula is C27H33N3O3. The number of amides is 2. The third-order valence-electron chi connectivity index (χ3n) is 7.50. The van der Waals surface area contributed by atoms with Gasteiger partial charge in [-0.25, -0.2) is 4.79 Å². The van der Waals surface area contributed by atoms with Crippen LogP contribution in [0.25, 0.3) is 0 Å². The summed E-state index contributed by atoms with van der Waals surface area (Å²) in [6, 6.07) is 14.7. The second-order valence-corrected chi connectivity index (χ2v) is 9.71. The van der Waals surface area contributed by atoms with Gasteiger partial charge in [0.25, 0.3) is 5.91 Å². The van der Waals surface area contributed by atoms with Crippen molar-refractivity contribution in [1.82, 2.24) is 14.7 Å². The van der Waals surface area contributed by atoms with Crippen LogP contribution in [0, 0.1) is 0 Å². The average Bonchev–Trinajstić information content (AvgIpc) is 3.38. The van der Waals surface area contributed by atoms with Crippen LogP contribution >= 0.6 is 0 Å². The molecule has 2 aliphatic heterocycles. The number of unbranched alkanes of at least 4 members (excludes halogenated alkanes) is 1. The quantitative estimate of drug-likeness (QED) is 0.620. The summed E-state index contributed by atoms with van der Waals surface area (Å²) in [4.78, 5) is 30.7. The van der Waals surface area contributed by atoms with E-state index in [-0.39, 0.29) is 12.0 Å². The fourth-order valence-corrected chi connectivity index (χ4v) is 5.83. The summed E-state index contributed by atoms with van der Waals surface area (Å²) in [5, 5.41) is 0. The number of fused-ring (bicyclic) bond motifs is 4. The Morgan fingerprint density at radius 2 is 1.88 bits per heavy atom. The molecule has 0 radical (unpaired) electrons. The molecule has 2 atom stereocenters. The molecular weight excluding hydrogens is 414 g/mol. The topological polar surface area (TPSA) is 53.1 Å². The lowest BCUT2D eigenvalue weighted by molar-refractivity contribution is 0.0773. The van der Waals surface area contributed by atoms with Crippen LogP contribution in [0.3, 0.4) is 0 Å². The summed E-state index contributed by atoms with van der Waals surface area (Å²) < 4.78 is 5.65. The van der Waals surface area contributed by atoms with Gasteiger partial charge in [-0.3, -0.25) is 9.69 Å². The van der Waals surface area contributed by atoms with Crippen molar-refractivity contribution in [3.63, 3.8) is 0 Å². The second kappa shape index (κ2) is 9.18. The number of carbonyl (C=O) groups excluding carboxylic acids is 2. The van der Waals surface area contributed by atoms with Crippen molar-refractivity contribution in [2.45, 2.75) is 50.6 Å². The Labute approximate surface area is 196 Å². The first kappa shape index (κ1) is 22.0. The molecule has 2 aromatic rings. The van der Waals surface area contributed by atoms with Crippen LogP contribution in [0.4, 0.5) is 4.79 Å². The van der Waals surface area contributed by atoms with E-state index >= 15 is 0 Å². The van der Waals surface area contributed by atoms with Crippen LogP contribution < -0.4 is 4.74 Å². The van der Waals surface area contributed by atoms with Crippen LogP contribution in [-0.2, 0) is 13.0 Å². The fourth-order valence-electron chi connectivity index (χ4n) is 5.83. The van der Waals surface area contributed by atoms with E-state index in [1.54, 1.807) is 14.1 Å². The zero-order valence-electron chi connectivity index (χ0n) is 19.6. The first-order valence-electron chi connectivity index (χ1n) is 12.1. The van der Waals surface area contributed by atoms with Crippen molar-refractivity contribution in [1.29, 1.82) is 0 Å². The standard InChI is InChI=1S/C27H33N3O3/c1-28(2)27(32)33-25-11-7-10-21-22-14-17-29(24(22)13-12-23(21)25)15-5-6-16-30-18-19-8-3-4-9-20(19)26(30)31/h3-4,7-11,22,24H,5-6,12-18H2,1-2H3/t22-,24+/m0/s1. The van der Waals surface area contributed by atoms with Crippen molar-refractivity contribution >= 4 is 12.0 Å². The SMILES string of the molecule is CN(C)C(=O)Oc1cccc2c1CC[C@@H]1[C@H]2CCN1CCCCN1Cc2ccccc2C1=O. The fraction of sp³-hybridized carbons (Fsp3) is 0.481. The molecule has 6 heteroatoms. The minimum absolute atomic E-state index is 0.182. The van der Waals surface area contributed by atoms with E-state index in [1.807, 2.05) is 35.2 Å².